The fourth-order valence-corrected chi connectivity index (χ4v) is 4.53. The topological polar surface area (TPSA) is 106 Å². The minimum atomic E-state index is -0.167. The van der Waals surface area contributed by atoms with Gasteiger partial charge in [0.05, 0.1) is 18.0 Å². The van der Waals surface area contributed by atoms with Crippen molar-refractivity contribution in [3.63, 3.8) is 0 Å². The lowest BCUT2D eigenvalue weighted by atomic mass is 10.00. The quantitative estimate of drug-likeness (QED) is 0.278. The molecule has 1 aliphatic heterocycles. The number of rotatable bonds is 7. The lowest BCUT2D eigenvalue weighted by molar-refractivity contribution is -0.110. The molecule has 0 radical (unpaired) electrons. The van der Waals surface area contributed by atoms with Crippen molar-refractivity contribution in [2.45, 2.75) is 12.5 Å². The molecular formula is C29H24N4O3. The van der Waals surface area contributed by atoms with Crippen molar-refractivity contribution < 1.29 is 13.9 Å². The van der Waals surface area contributed by atoms with E-state index in [1.807, 2.05) is 48.7 Å². The second-order valence-corrected chi connectivity index (χ2v) is 8.83. The van der Waals surface area contributed by atoms with Gasteiger partial charge in [0, 0.05) is 46.2 Å². The number of pyridine rings is 1. The second kappa shape index (κ2) is 9.20. The number of hydrogen-bond donors (Lipinski definition) is 3. The molecule has 0 saturated carbocycles. The first kappa shape index (κ1) is 21.9. The van der Waals surface area contributed by atoms with Gasteiger partial charge < -0.3 is 25.2 Å². The average Bonchev–Trinajstić information content (AvgIpc) is 3.63. The Morgan fingerprint density at radius 1 is 1.06 bits per heavy atom. The molecule has 36 heavy (non-hydrogen) atoms. The predicted octanol–water partition coefficient (Wildman–Crippen LogP) is 5.26. The maximum absolute atomic E-state index is 12.5. The van der Waals surface area contributed by atoms with E-state index >= 15 is 0 Å². The zero-order valence-corrected chi connectivity index (χ0v) is 19.4. The van der Waals surface area contributed by atoms with Crippen molar-refractivity contribution in [1.82, 2.24) is 9.97 Å². The molecule has 0 fully saturated rings. The zero-order chi connectivity index (χ0) is 24.5. The number of anilines is 1. The largest absolute Gasteiger partial charge is 0.490 e. The van der Waals surface area contributed by atoms with Crippen LogP contribution >= 0.6 is 0 Å². The number of benzene rings is 2. The van der Waals surface area contributed by atoms with E-state index in [0.29, 0.717) is 30.1 Å². The van der Waals surface area contributed by atoms with Crippen LogP contribution in [-0.2, 0) is 11.2 Å². The molecule has 0 bridgehead atoms. The number of ether oxygens (including phenoxy) is 1. The first-order valence-corrected chi connectivity index (χ1v) is 11.7. The van der Waals surface area contributed by atoms with E-state index in [-0.39, 0.29) is 11.9 Å². The third-order valence-corrected chi connectivity index (χ3v) is 6.30. The normalized spacial score (nSPS) is 14.7. The van der Waals surface area contributed by atoms with Gasteiger partial charge in [-0.25, -0.2) is 0 Å². The number of nitrogens with one attached hydrogen (secondary N) is 2. The summed E-state index contributed by atoms with van der Waals surface area (Å²) in [4.78, 5) is 20.2. The number of nitrogens with zero attached hydrogens (tertiary/aromatic N) is 1. The highest BCUT2D eigenvalue weighted by molar-refractivity contribution is 6.35. The van der Waals surface area contributed by atoms with Gasteiger partial charge in [0.2, 0.25) is 0 Å². The Labute approximate surface area is 207 Å². The van der Waals surface area contributed by atoms with Crippen LogP contribution in [0, 0.1) is 0 Å². The monoisotopic (exact) mass is 476 g/mol. The Morgan fingerprint density at radius 3 is 2.86 bits per heavy atom. The van der Waals surface area contributed by atoms with Gasteiger partial charge in [0.1, 0.15) is 18.1 Å². The van der Waals surface area contributed by atoms with E-state index in [1.165, 1.54) is 10.9 Å². The molecule has 0 spiro atoms. The van der Waals surface area contributed by atoms with Crippen LogP contribution in [0.1, 0.15) is 16.9 Å². The highest BCUT2D eigenvalue weighted by Gasteiger charge is 2.25. The van der Waals surface area contributed by atoms with Crippen molar-refractivity contribution in [3.8, 4) is 16.9 Å². The zero-order valence-electron chi connectivity index (χ0n) is 19.4. The molecule has 5 aromatic rings. The molecule has 3 aromatic heterocycles. The maximum atomic E-state index is 12.5. The number of carbonyl (C=O) groups is 1. The Bertz CT molecular complexity index is 1580. The number of fused-ring (bicyclic) bond motifs is 2. The smallest absolute Gasteiger partial charge is 0.256 e. The predicted molar refractivity (Wildman–Crippen MR) is 140 cm³/mol. The fourth-order valence-electron chi connectivity index (χ4n) is 4.53. The number of aromatic amines is 1. The standard InChI is InChI=1S/C29H24N4O3/c30-21(10-20-15-32-27-6-2-1-5-24(20)27)17-36-23-11-19(14-31-16-23)18-7-8-28-25(12-18)26(29(34)33-28)13-22-4-3-9-35-22/h1-9,11-16,21,32H,10,17,30H2,(H,33,34)/t21-/m1/s1. The van der Waals surface area contributed by atoms with Gasteiger partial charge in [-0.1, -0.05) is 24.3 Å². The molecule has 1 aliphatic rings. The van der Waals surface area contributed by atoms with Crippen molar-refractivity contribution in [3.05, 3.63) is 102 Å². The third kappa shape index (κ3) is 4.28. The van der Waals surface area contributed by atoms with Crippen LogP contribution in [0.3, 0.4) is 0 Å². The summed E-state index contributed by atoms with van der Waals surface area (Å²) < 4.78 is 11.4. The van der Waals surface area contributed by atoms with Crippen molar-refractivity contribution in [2.75, 3.05) is 11.9 Å². The van der Waals surface area contributed by atoms with Crippen LogP contribution in [0.25, 0.3) is 33.7 Å². The first-order valence-electron chi connectivity index (χ1n) is 11.7. The third-order valence-electron chi connectivity index (χ3n) is 6.30. The van der Waals surface area contributed by atoms with Gasteiger partial charge in [-0.2, -0.15) is 0 Å². The highest BCUT2D eigenvalue weighted by Crippen LogP contribution is 2.36. The van der Waals surface area contributed by atoms with Crippen LogP contribution < -0.4 is 15.8 Å². The number of hydrogen-bond acceptors (Lipinski definition) is 5. The number of aromatic nitrogens is 2. The van der Waals surface area contributed by atoms with Crippen molar-refractivity contribution in [2.24, 2.45) is 5.73 Å². The summed E-state index contributed by atoms with van der Waals surface area (Å²) in [6, 6.07) is 19.4. The summed E-state index contributed by atoms with van der Waals surface area (Å²) in [6.07, 6.45) is 9.50. The van der Waals surface area contributed by atoms with Gasteiger partial charge in [0.15, 0.2) is 0 Å². The average molecular weight is 477 g/mol. The maximum Gasteiger partial charge on any atom is 0.256 e. The van der Waals surface area contributed by atoms with E-state index < -0.39 is 0 Å². The molecule has 7 heteroatoms. The van der Waals surface area contributed by atoms with Crippen molar-refractivity contribution in [1.29, 1.82) is 0 Å². The first-order chi connectivity index (χ1) is 17.6. The molecule has 0 saturated heterocycles. The van der Waals surface area contributed by atoms with Crippen LogP contribution in [0.5, 0.6) is 5.75 Å². The molecule has 0 aliphatic carbocycles. The summed E-state index contributed by atoms with van der Waals surface area (Å²) in [5, 5.41) is 4.09. The minimum Gasteiger partial charge on any atom is -0.490 e. The number of amides is 1. The molecule has 4 heterocycles. The Hall–Kier alpha value is -4.62. The SMILES string of the molecule is N[C@@H](COc1cncc(-c2ccc3c(c2)C(=Cc2ccco2)C(=O)N3)c1)Cc1c[nH]c2ccccc12. The summed E-state index contributed by atoms with van der Waals surface area (Å²) >= 11 is 0. The van der Waals surface area contributed by atoms with E-state index in [9.17, 15) is 4.79 Å². The van der Waals surface area contributed by atoms with Gasteiger partial charge in [-0.15, -0.1) is 0 Å². The number of nitrogens with two attached hydrogens (primary N) is 1. The molecule has 178 valence electrons. The molecule has 0 unspecified atom stereocenters. The highest BCUT2D eigenvalue weighted by atomic mass is 16.5. The molecular weight excluding hydrogens is 452 g/mol. The Morgan fingerprint density at radius 2 is 1.97 bits per heavy atom. The van der Waals surface area contributed by atoms with Crippen molar-refractivity contribution >= 4 is 34.1 Å². The van der Waals surface area contributed by atoms with Gasteiger partial charge in [-0.3, -0.25) is 9.78 Å². The van der Waals surface area contributed by atoms with E-state index in [4.69, 9.17) is 14.9 Å². The summed E-state index contributed by atoms with van der Waals surface area (Å²) in [5.74, 6) is 1.11. The second-order valence-electron chi connectivity index (χ2n) is 8.83. The fraction of sp³-hybridized carbons (Fsp3) is 0.103. The van der Waals surface area contributed by atoms with Gasteiger partial charge >= 0.3 is 0 Å². The van der Waals surface area contributed by atoms with Gasteiger partial charge in [-0.05, 0) is 60.0 Å². The number of para-hydroxylation sites is 1. The minimum absolute atomic E-state index is 0.155. The lowest BCUT2D eigenvalue weighted by Gasteiger charge is -2.13. The lowest BCUT2D eigenvalue weighted by Crippen LogP contribution is -2.30. The Balaban J connectivity index is 1.18. The number of carbonyl (C=O) groups excluding carboxylic acids is 1. The molecule has 6 rings (SSSR count). The molecule has 1 amide bonds. The van der Waals surface area contributed by atoms with E-state index in [1.54, 1.807) is 30.8 Å². The molecule has 4 N–H and O–H groups in total. The molecule has 2 aromatic carbocycles. The van der Waals surface area contributed by atoms with E-state index in [2.05, 4.69) is 27.4 Å². The van der Waals surface area contributed by atoms with Crippen LogP contribution in [-0.4, -0.2) is 28.5 Å². The van der Waals surface area contributed by atoms with Crippen LogP contribution in [0.2, 0.25) is 0 Å². The number of H-pyrrole nitrogens is 1. The van der Waals surface area contributed by atoms with Crippen LogP contribution in [0.4, 0.5) is 5.69 Å². The Kier molecular flexibility index (Phi) is 5.59. The summed E-state index contributed by atoms with van der Waals surface area (Å²) in [6.45, 7) is 0.364. The van der Waals surface area contributed by atoms with Crippen LogP contribution in [0.15, 0.2) is 89.9 Å². The molecule has 7 nitrogen and oxygen atoms in total. The number of furan rings is 1. The summed E-state index contributed by atoms with van der Waals surface area (Å²) in [5.41, 5.74) is 12.6. The van der Waals surface area contributed by atoms with Gasteiger partial charge in [0.25, 0.3) is 5.91 Å². The summed E-state index contributed by atoms with van der Waals surface area (Å²) in [7, 11) is 0. The molecule has 1 atom stereocenters. The van der Waals surface area contributed by atoms with E-state index in [0.717, 1.165) is 27.9 Å².